The van der Waals surface area contributed by atoms with E-state index in [9.17, 15) is 24.0 Å². The molecule has 248 valence electrons. The van der Waals surface area contributed by atoms with E-state index in [4.69, 9.17) is 10.5 Å². The summed E-state index contributed by atoms with van der Waals surface area (Å²) >= 11 is 1.59. The van der Waals surface area contributed by atoms with Gasteiger partial charge in [-0.25, -0.2) is 0 Å². The summed E-state index contributed by atoms with van der Waals surface area (Å²) in [5.41, 5.74) is 6.75. The lowest BCUT2D eigenvalue weighted by Crippen LogP contribution is -2.46. The van der Waals surface area contributed by atoms with E-state index in [1.54, 1.807) is 11.8 Å². The smallest absolute Gasteiger partial charge is 0.306 e. The molecule has 0 aliphatic heterocycles. The molecule has 0 aliphatic rings. The highest BCUT2D eigenvalue weighted by molar-refractivity contribution is 7.98. The van der Waals surface area contributed by atoms with Gasteiger partial charge in [0.15, 0.2) is 5.78 Å². The normalized spacial score (nSPS) is 14.0. The van der Waals surface area contributed by atoms with Gasteiger partial charge in [-0.3, -0.25) is 24.0 Å². The predicted octanol–water partition coefficient (Wildman–Crippen LogP) is 4.50. The number of nitrogens with two attached hydrogens (primary N) is 1. The van der Waals surface area contributed by atoms with Gasteiger partial charge in [0.2, 0.25) is 11.8 Å². The quantitative estimate of drug-likeness (QED) is 0.118. The first-order valence-electron chi connectivity index (χ1n) is 15.9. The van der Waals surface area contributed by atoms with Crippen LogP contribution in [0, 0.1) is 23.7 Å². The van der Waals surface area contributed by atoms with Crippen molar-refractivity contribution in [2.24, 2.45) is 29.4 Å². The zero-order valence-corrected chi connectivity index (χ0v) is 28.4. The minimum Gasteiger partial charge on any atom is -0.465 e. The number of esters is 1. The maximum absolute atomic E-state index is 13.7. The molecular weight excluding hydrogens is 578 g/mol. The van der Waals surface area contributed by atoms with E-state index in [1.165, 1.54) is 6.92 Å². The summed E-state index contributed by atoms with van der Waals surface area (Å²) in [6.45, 7) is 10.0. The summed E-state index contributed by atoms with van der Waals surface area (Å²) < 4.78 is 5.33. The number of benzene rings is 1. The third-order valence-electron chi connectivity index (χ3n) is 7.35. The van der Waals surface area contributed by atoms with Crippen molar-refractivity contribution in [3.63, 3.8) is 0 Å². The van der Waals surface area contributed by atoms with Gasteiger partial charge in [0.1, 0.15) is 5.78 Å². The van der Waals surface area contributed by atoms with E-state index in [-0.39, 0.29) is 48.1 Å². The zero-order valence-electron chi connectivity index (χ0n) is 27.6. The topological polar surface area (TPSA) is 145 Å². The van der Waals surface area contributed by atoms with Crippen molar-refractivity contribution in [1.82, 2.24) is 10.6 Å². The number of carbonyl (C=O) groups is 5. The monoisotopic (exact) mass is 633 g/mol. The minimum atomic E-state index is -0.773. The van der Waals surface area contributed by atoms with Crippen molar-refractivity contribution in [3.05, 3.63) is 35.9 Å². The van der Waals surface area contributed by atoms with Gasteiger partial charge >= 0.3 is 5.97 Å². The zero-order chi connectivity index (χ0) is 33.1. The van der Waals surface area contributed by atoms with Crippen LogP contribution in [-0.4, -0.2) is 66.6 Å². The molecule has 0 spiro atoms. The largest absolute Gasteiger partial charge is 0.465 e. The number of ether oxygens (including phenoxy) is 1. The van der Waals surface area contributed by atoms with Crippen molar-refractivity contribution in [1.29, 1.82) is 0 Å². The number of thioether (sulfide) groups is 1. The van der Waals surface area contributed by atoms with E-state index in [1.807, 2.05) is 64.3 Å². The second-order valence-corrected chi connectivity index (χ2v) is 13.5. The maximum atomic E-state index is 13.7. The first-order valence-corrected chi connectivity index (χ1v) is 17.3. The summed E-state index contributed by atoms with van der Waals surface area (Å²) in [5, 5.41) is 5.90. The first-order chi connectivity index (χ1) is 20.8. The number of rotatable bonds is 23. The van der Waals surface area contributed by atoms with Crippen LogP contribution in [0.25, 0.3) is 0 Å². The molecule has 0 saturated heterocycles. The highest BCUT2D eigenvalue weighted by Crippen LogP contribution is 2.19. The molecule has 0 bridgehead atoms. The summed E-state index contributed by atoms with van der Waals surface area (Å²) in [5.74, 6) is -1.47. The number of carbonyl (C=O) groups excluding carboxylic acids is 5. The van der Waals surface area contributed by atoms with Gasteiger partial charge in [0.05, 0.1) is 25.1 Å². The number of unbranched alkanes of at least 4 members (excludes halogenated alkanes) is 1. The molecule has 0 fully saturated rings. The molecular formula is C34H55N3O6S. The first kappa shape index (κ1) is 39.3. The van der Waals surface area contributed by atoms with E-state index >= 15 is 0 Å². The number of ketones is 2. The summed E-state index contributed by atoms with van der Waals surface area (Å²) in [7, 11) is 0. The fourth-order valence-corrected chi connectivity index (χ4v) is 5.25. The van der Waals surface area contributed by atoms with E-state index in [0.29, 0.717) is 57.4 Å². The molecule has 0 radical (unpaired) electrons. The van der Waals surface area contributed by atoms with Crippen LogP contribution in [0.4, 0.5) is 0 Å². The number of hydrogen-bond donors (Lipinski definition) is 3. The molecule has 9 nitrogen and oxygen atoms in total. The number of nitrogens with one attached hydrogen (secondary N) is 2. The van der Waals surface area contributed by atoms with Crippen molar-refractivity contribution >= 4 is 41.1 Å². The molecule has 44 heavy (non-hydrogen) atoms. The molecule has 1 aromatic rings. The third-order valence-corrected chi connectivity index (χ3v) is 7.99. The van der Waals surface area contributed by atoms with Crippen LogP contribution in [0.5, 0.6) is 0 Å². The number of Topliss-reactive ketones (excluding diaryl/α,β-unsaturated/α-hetero) is 2. The lowest BCUT2D eigenvalue weighted by Gasteiger charge is -2.25. The Bertz CT molecular complexity index is 1030. The van der Waals surface area contributed by atoms with Crippen molar-refractivity contribution in [3.8, 4) is 0 Å². The van der Waals surface area contributed by atoms with E-state index in [0.717, 1.165) is 5.56 Å². The molecule has 0 saturated carbocycles. The lowest BCUT2D eigenvalue weighted by atomic mass is 9.88. The minimum absolute atomic E-state index is 0.0283. The number of amides is 2. The van der Waals surface area contributed by atoms with Crippen molar-refractivity contribution < 1.29 is 28.7 Å². The fourth-order valence-electron chi connectivity index (χ4n) is 4.73. The summed E-state index contributed by atoms with van der Waals surface area (Å²) in [6, 6.07) is 8.28. The Kier molecular flexibility index (Phi) is 19.6. The highest BCUT2D eigenvalue weighted by Gasteiger charge is 2.31. The van der Waals surface area contributed by atoms with Gasteiger partial charge in [-0.2, -0.15) is 11.8 Å². The van der Waals surface area contributed by atoms with Gasteiger partial charge in [0, 0.05) is 24.8 Å². The van der Waals surface area contributed by atoms with Crippen LogP contribution < -0.4 is 16.4 Å². The lowest BCUT2D eigenvalue weighted by molar-refractivity contribution is -0.148. The van der Waals surface area contributed by atoms with Crippen LogP contribution in [0.3, 0.4) is 0 Å². The second-order valence-electron chi connectivity index (χ2n) is 12.5. The molecule has 0 heterocycles. The highest BCUT2D eigenvalue weighted by atomic mass is 32.2. The average Bonchev–Trinajstić information content (AvgIpc) is 2.97. The van der Waals surface area contributed by atoms with Gasteiger partial charge in [-0.05, 0) is 74.9 Å². The summed E-state index contributed by atoms with van der Waals surface area (Å²) in [6.07, 6.45) is 5.09. The SMILES string of the molecule is CSCCC(CC(=O)OCC(C)C)C(=O)NC(CC(C)C)C(=O)CC(Cc1ccccc1)C(=O)NCCCCC(N)C(C)=O. The molecule has 4 unspecified atom stereocenters. The molecule has 2 amide bonds. The third kappa shape index (κ3) is 16.9. The van der Waals surface area contributed by atoms with Gasteiger partial charge in [-0.15, -0.1) is 0 Å². The van der Waals surface area contributed by atoms with Crippen LogP contribution in [0.1, 0.15) is 85.1 Å². The molecule has 0 aliphatic carbocycles. The van der Waals surface area contributed by atoms with Crippen LogP contribution in [0.2, 0.25) is 0 Å². The second kappa shape index (κ2) is 21.9. The summed E-state index contributed by atoms with van der Waals surface area (Å²) in [4.78, 5) is 64.3. The van der Waals surface area contributed by atoms with Gasteiger partial charge < -0.3 is 21.1 Å². The maximum Gasteiger partial charge on any atom is 0.306 e. The molecule has 4 atom stereocenters. The molecule has 1 aromatic carbocycles. The van der Waals surface area contributed by atoms with Crippen molar-refractivity contribution in [2.75, 3.05) is 25.2 Å². The Hall–Kier alpha value is -2.72. The predicted molar refractivity (Wildman–Crippen MR) is 177 cm³/mol. The van der Waals surface area contributed by atoms with Gasteiger partial charge in [0.25, 0.3) is 0 Å². The average molecular weight is 634 g/mol. The molecule has 10 heteroatoms. The Morgan fingerprint density at radius 1 is 0.886 bits per heavy atom. The Morgan fingerprint density at radius 3 is 2.16 bits per heavy atom. The van der Waals surface area contributed by atoms with Crippen molar-refractivity contribution in [2.45, 2.75) is 98.1 Å². The van der Waals surface area contributed by atoms with E-state index < -0.39 is 29.9 Å². The molecule has 4 N–H and O–H groups in total. The van der Waals surface area contributed by atoms with Crippen LogP contribution in [-0.2, 0) is 35.1 Å². The standard InChI is InChI=1S/C34H55N3O6S/c1-23(2)18-30(37-34(42)27(15-17-44-6)21-32(40)43-22-24(3)4)31(39)20-28(19-26-12-8-7-9-13-26)33(41)36-16-11-10-14-29(35)25(5)38/h7-9,12-13,23-24,27-30H,10-11,14-22,35H2,1-6H3,(H,36,41)(H,37,42). The Labute approximate surface area is 268 Å². The Balaban J connectivity index is 3.00. The fraction of sp³-hybridized carbons (Fsp3) is 0.676. The molecule has 0 aromatic heterocycles. The van der Waals surface area contributed by atoms with Crippen LogP contribution in [0.15, 0.2) is 30.3 Å². The number of hydrogen-bond acceptors (Lipinski definition) is 8. The van der Waals surface area contributed by atoms with Crippen LogP contribution >= 0.6 is 11.8 Å². The van der Waals surface area contributed by atoms with Gasteiger partial charge in [-0.1, -0.05) is 58.0 Å². The molecule has 1 rings (SSSR count). The van der Waals surface area contributed by atoms with E-state index in [2.05, 4.69) is 10.6 Å². The Morgan fingerprint density at radius 2 is 1.57 bits per heavy atom.